The second kappa shape index (κ2) is 16.3. The number of imidazole rings is 1. The molecule has 0 saturated heterocycles. The molecular weight excluding hydrogens is 641 g/mol. The molecule has 3 aromatic rings. The van der Waals surface area contributed by atoms with E-state index in [4.69, 9.17) is 31.8 Å². The van der Waals surface area contributed by atoms with Gasteiger partial charge < -0.3 is 25.1 Å². The highest BCUT2D eigenvalue weighted by atomic mass is 35.5. The second-order valence-electron chi connectivity index (χ2n) is 11.5. The fourth-order valence-electron chi connectivity index (χ4n) is 5.43. The Hall–Kier alpha value is -4.22. The van der Waals surface area contributed by atoms with Gasteiger partial charge in [0.25, 0.3) is 5.91 Å². The highest BCUT2D eigenvalue weighted by Crippen LogP contribution is 2.33. The molecular formula is C37H38ClF3N4O3. The molecule has 1 aromatic heterocycles. The zero-order valence-electron chi connectivity index (χ0n) is 26.7. The van der Waals surface area contributed by atoms with Crippen LogP contribution in [0.5, 0.6) is 0 Å². The van der Waals surface area contributed by atoms with Gasteiger partial charge >= 0.3 is 6.18 Å². The monoisotopic (exact) mass is 678 g/mol. The molecule has 2 aliphatic rings. The van der Waals surface area contributed by atoms with Gasteiger partial charge in [-0.15, -0.1) is 0 Å². The molecule has 3 N–H and O–H groups in total. The van der Waals surface area contributed by atoms with Crippen LogP contribution >= 0.6 is 11.6 Å². The van der Waals surface area contributed by atoms with Crippen LogP contribution in [0.25, 0.3) is 22.4 Å². The van der Waals surface area contributed by atoms with Gasteiger partial charge in [-0.05, 0) is 48.3 Å². The topological polar surface area (TPSA) is 91.4 Å². The van der Waals surface area contributed by atoms with Gasteiger partial charge in [-0.1, -0.05) is 83.9 Å². The molecule has 1 heterocycles. The summed E-state index contributed by atoms with van der Waals surface area (Å²) in [5.74, 6) is -0.240. The number of nitrogens with zero attached hydrogens (tertiary/aromatic N) is 2. The summed E-state index contributed by atoms with van der Waals surface area (Å²) in [5, 5.41) is 4.25. The van der Waals surface area contributed by atoms with Crippen LogP contribution in [0.15, 0.2) is 95.6 Å². The highest BCUT2D eigenvalue weighted by molar-refractivity contribution is 6.31. The Morgan fingerprint density at radius 3 is 2.38 bits per heavy atom. The molecule has 0 spiro atoms. The van der Waals surface area contributed by atoms with Gasteiger partial charge in [0.05, 0.1) is 37.5 Å². The number of carbonyl (C=O) groups excluding carboxylic acids is 1. The first-order valence-corrected chi connectivity index (χ1v) is 16.1. The maximum Gasteiger partial charge on any atom is 0.413 e. The van der Waals surface area contributed by atoms with Crippen molar-refractivity contribution in [1.29, 1.82) is 0 Å². The third-order valence-corrected chi connectivity index (χ3v) is 8.19. The highest BCUT2D eigenvalue weighted by Gasteiger charge is 2.34. The van der Waals surface area contributed by atoms with Crippen molar-refractivity contribution < 1.29 is 27.4 Å². The van der Waals surface area contributed by atoms with Crippen LogP contribution in [0, 0.1) is 6.92 Å². The summed E-state index contributed by atoms with van der Waals surface area (Å²) < 4.78 is 54.2. The van der Waals surface area contributed by atoms with Gasteiger partial charge in [0.1, 0.15) is 5.48 Å². The number of allylic oxidation sites excluding steroid dienone is 8. The summed E-state index contributed by atoms with van der Waals surface area (Å²) in [4.78, 5) is 17.8. The van der Waals surface area contributed by atoms with Crippen molar-refractivity contribution in [3.63, 3.8) is 0 Å². The molecule has 5 rings (SSSR count). The SMILES string of the molecule is Cc1ccc(-c2nc(=C3C=CC=C(C(F)(F)F)C3)n(Cc3ccc(C(=O)NCCOCCOCCN)cc3)c2=C2C=CC(Cl)=CC2)cc1. The Bertz CT molecular complexity index is 1850. The Morgan fingerprint density at radius 1 is 0.979 bits per heavy atom. The fraction of sp³-hybridized carbons (Fsp3) is 0.297. The molecule has 0 saturated carbocycles. The van der Waals surface area contributed by atoms with E-state index in [9.17, 15) is 18.0 Å². The van der Waals surface area contributed by atoms with Crippen LogP contribution in [-0.2, 0) is 16.0 Å². The number of nitrogens with two attached hydrogens (primary N) is 1. The first-order valence-electron chi connectivity index (χ1n) is 15.7. The molecule has 48 heavy (non-hydrogen) atoms. The van der Waals surface area contributed by atoms with Crippen molar-refractivity contribution in [3.05, 3.63) is 123 Å². The fourth-order valence-corrected chi connectivity index (χ4v) is 5.57. The van der Waals surface area contributed by atoms with Crippen molar-refractivity contribution in [3.8, 4) is 11.3 Å². The predicted molar refractivity (Wildman–Crippen MR) is 183 cm³/mol. The summed E-state index contributed by atoms with van der Waals surface area (Å²) in [6, 6.07) is 15.1. The number of halogens is 4. The Kier molecular flexibility index (Phi) is 11.9. The lowest BCUT2D eigenvalue weighted by molar-refractivity contribution is -0.0927. The molecule has 252 valence electrons. The summed E-state index contributed by atoms with van der Waals surface area (Å²) in [6.45, 7) is 4.77. The zero-order chi connectivity index (χ0) is 34.1. The van der Waals surface area contributed by atoms with Gasteiger partial charge in [0.2, 0.25) is 0 Å². The summed E-state index contributed by atoms with van der Waals surface area (Å²) in [5.41, 5.74) is 10.5. The van der Waals surface area contributed by atoms with Gasteiger partial charge in [-0.3, -0.25) is 4.79 Å². The third kappa shape index (κ3) is 9.02. The van der Waals surface area contributed by atoms with E-state index in [1.54, 1.807) is 18.2 Å². The summed E-state index contributed by atoms with van der Waals surface area (Å²) >= 11 is 6.27. The lowest BCUT2D eigenvalue weighted by atomic mass is 10.00. The lowest BCUT2D eigenvalue weighted by Gasteiger charge is -2.15. The number of nitrogens with one attached hydrogen (secondary N) is 1. The summed E-state index contributed by atoms with van der Waals surface area (Å²) in [7, 11) is 0. The quantitative estimate of drug-likeness (QED) is 0.249. The molecule has 0 fully saturated rings. The normalized spacial score (nSPS) is 17.0. The molecule has 2 aromatic carbocycles. The molecule has 0 aliphatic heterocycles. The van der Waals surface area contributed by atoms with Gasteiger partial charge in [-0.25, -0.2) is 4.98 Å². The maximum atomic E-state index is 13.8. The number of alkyl halides is 3. The zero-order valence-corrected chi connectivity index (χ0v) is 27.4. The van der Waals surface area contributed by atoms with Crippen LogP contribution in [0.4, 0.5) is 13.2 Å². The first kappa shape index (κ1) is 35.1. The molecule has 1 amide bonds. The van der Waals surface area contributed by atoms with Crippen LogP contribution in [0.1, 0.15) is 34.3 Å². The van der Waals surface area contributed by atoms with Gasteiger partial charge in [-0.2, -0.15) is 13.2 Å². The molecule has 11 heteroatoms. The van der Waals surface area contributed by atoms with Gasteiger partial charge in [0, 0.05) is 47.8 Å². The van der Waals surface area contributed by atoms with E-state index in [1.165, 1.54) is 6.08 Å². The third-order valence-electron chi connectivity index (χ3n) is 7.91. The summed E-state index contributed by atoms with van der Waals surface area (Å²) in [6.07, 6.45) is 5.64. The van der Waals surface area contributed by atoms with Crippen molar-refractivity contribution in [2.24, 2.45) is 5.73 Å². The number of ether oxygens (including phenoxy) is 2. The number of hydrogen-bond donors (Lipinski definition) is 2. The number of aryl methyl sites for hydroxylation is 1. The van der Waals surface area contributed by atoms with E-state index >= 15 is 0 Å². The average molecular weight is 679 g/mol. The first-order chi connectivity index (χ1) is 23.1. The number of hydrogen-bond acceptors (Lipinski definition) is 5. The Morgan fingerprint density at radius 2 is 1.71 bits per heavy atom. The molecule has 0 bridgehead atoms. The van der Waals surface area contributed by atoms with E-state index in [2.05, 4.69) is 5.32 Å². The Balaban J connectivity index is 1.49. The minimum atomic E-state index is -4.46. The molecule has 7 nitrogen and oxygen atoms in total. The van der Waals surface area contributed by atoms with Crippen molar-refractivity contribution in [1.82, 2.24) is 14.9 Å². The van der Waals surface area contributed by atoms with Crippen molar-refractivity contribution in [2.45, 2.75) is 32.5 Å². The minimum Gasteiger partial charge on any atom is -0.378 e. The lowest BCUT2D eigenvalue weighted by Crippen LogP contribution is -2.32. The van der Waals surface area contributed by atoms with Crippen molar-refractivity contribution in [2.75, 3.05) is 39.5 Å². The molecule has 0 atom stereocenters. The largest absolute Gasteiger partial charge is 0.413 e. The maximum absolute atomic E-state index is 13.8. The molecule has 0 unspecified atom stereocenters. The van der Waals surface area contributed by atoms with E-state index in [0.717, 1.165) is 33.7 Å². The second-order valence-corrected chi connectivity index (χ2v) is 11.9. The number of benzene rings is 2. The van der Waals surface area contributed by atoms with E-state index in [1.807, 2.05) is 66.1 Å². The van der Waals surface area contributed by atoms with E-state index in [0.29, 0.717) is 79.8 Å². The van der Waals surface area contributed by atoms with Crippen LogP contribution in [-0.4, -0.2) is 61.2 Å². The van der Waals surface area contributed by atoms with Crippen molar-refractivity contribution >= 4 is 28.7 Å². The van der Waals surface area contributed by atoms with E-state index < -0.39 is 11.7 Å². The standard InChI is InChI=1S/C37H38ClF3N4O3/c1-25-5-9-27(10-6-25)33-34(28-13-15-32(38)16-14-28)45(35(44-33)30-3-2-4-31(23-30)37(39,40)41)24-26-7-11-29(12-8-26)36(46)43-18-20-48-22-21-47-19-17-42/h2-13,15-16H,14,17-24,42H2,1H3,(H,43,46). The number of amides is 1. The van der Waals surface area contributed by atoms with Crippen LogP contribution < -0.4 is 21.9 Å². The predicted octanol–water partition coefficient (Wildman–Crippen LogP) is 5.46. The average Bonchev–Trinajstić information content (AvgIpc) is 3.45. The minimum absolute atomic E-state index is 0.240. The number of aromatic nitrogens is 2. The number of rotatable bonds is 12. The van der Waals surface area contributed by atoms with E-state index in [-0.39, 0.29) is 12.3 Å². The Labute approximate surface area is 282 Å². The van der Waals surface area contributed by atoms with Crippen LogP contribution in [0.3, 0.4) is 0 Å². The number of carbonyl (C=O) groups is 1. The molecule has 2 aliphatic carbocycles. The molecule has 0 radical (unpaired) electrons. The van der Waals surface area contributed by atoms with Gasteiger partial charge in [0.15, 0.2) is 0 Å². The van der Waals surface area contributed by atoms with Crippen LogP contribution in [0.2, 0.25) is 0 Å². The smallest absolute Gasteiger partial charge is 0.378 e.